The molecule has 2 fully saturated rings. The Hall–Kier alpha value is -2.79. The Balaban J connectivity index is 1.27. The van der Waals surface area contributed by atoms with Crippen molar-refractivity contribution >= 4 is 33.4 Å². The van der Waals surface area contributed by atoms with E-state index in [2.05, 4.69) is 25.4 Å². The predicted octanol–water partition coefficient (Wildman–Crippen LogP) is 0.935. The number of carbonyl (C=O) groups is 1. The average molecular weight is 446 g/mol. The average Bonchev–Trinajstić information content (AvgIpc) is 2.79. The van der Waals surface area contributed by atoms with Crippen molar-refractivity contribution in [1.29, 1.82) is 0 Å². The van der Waals surface area contributed by atoms with Gasteiger partial charge in [0, 0.05) is 51.4 Å². The van der Waals surface area contributed by atoms with E-state index in [0.717, 1.165) is 5.82 Å². The lowest BCUT2D eigenvalue weighted by Gasteiger charge is -2.38. The Morgan fingerprint density at radius 3 is 2.29 bits per heavy atom. The molecule has 2 aliphatic rings. The zero-order chi connectivity index (χ0) is 21.8. The third-order valence-electron chi connectivity index (χ3n) is 5.76. The quantitative estimate of drug-likeness (QED) is 0.724. The SMILES string of the molecule is CS(=O)(=O)N1CCC(C(=O)N2CCN(c3ccc(Nc4ccccn4)nn3)CC2)CC1. The zero-order valence-electron chi connectivity index (χ0n) is 17.5. The molecule has 0 saturated carbocycles. The zero-order valence-corrected chi connectivity index (χ0v) is 18.3. The first-order chi connectivity index (χ1) is 14.9. The van der Waals surface area contributed by atoms with Crippen molar-refractivity contribution < 1.29 is 13.2 Å². The number of aromatic nitrogens is 3. The molecule has 11 heteroatoms. The van der Waals surface area contributed by atoms with Gasteiger partial charge in [0.1, 0.15) is 5.82 Å². The molecule has 0 atom stereocenters. The van der Waals surface area contributed by atoms with E-state index < -0.39 is 10.0 Å². The number of nitrogens with zero attached hydrogens (tertiary/aromatic N) is 6. The van der Waals surface area contributed by atoms with Gasteiger partial charge in [0.15, 0.2) is 11.6 Å². The van der Waals surface area contributed by atoms with E-state index in [0.29, 0.717) is 63.7 Å². The molecule has 0 radical (unpaired) electrons. The van der Waals surface area contributed by atoms with Crippen LogP contribution in [0.1, 0.15) is 12.8 Å². The topological polar surface area (TPSA) is 112 Å². The maximum Gasteiger partial charge on any atom is 0.225 e. The molecular weight excluding hydrogens is 418 g/mol. The van der Waals surface area contributed by atoms with Crippen LogP contribution in [-0.4, -0.2) is 84.2 Å². The number of anilines is 3. The summed E-state index contributed by atoms with van der Waals surface area (Å²) < 4.78 is 24.8. The lowest BCUT2D eigenvalue weighted by atomic mass is 9.96. The number of hydrogen-bond donors (Lipinski definition) is 1. The van der Waals surface area contributed by atoms with Crippen LogP contribution in [-0.2, 0) is 14.8 Å². The van der Waals surface area contributed by atoms with Gasteiger partial charge >= 0.3 is 0 Å². The third-order valence-corrected chi connectivity index (χ3v) is 7.06. The largest absolute Gasteiger partial charge is 0.352 e. The number of rotatable bonds is 5. The second-order valence-corrected chi connectivity index (χ2v) is 9.85. The summed E-state index contributed by atoms with van der Waals surface area (Å²) in [7, 11) is -3.18. The standard InChI is InChI=1S/C20H27N7O3S/c1-31(29,30)27-10-7-16(8-11-27)20(28)26-14-12-25(13-15-26)19-6-5-18(23-24-19)22-17-4-2-3-9-21-17/h2-6,9,16H,7-8,10-15H2,1H3,(H,21,22,23). The summed E-state index contributed by atoms with van der Waals surface area (Å²) in [6.45, 7) is 3.47. The van der Waals surface area contributed by atoms with Gasteiger partial charge in [0.2, 0.25) is 15.9 Å². The summed E-state index contributed by atoms with van der Waals surface area (Å²) in [4.78, 5) is 21.1. The van der Waals surface area contributed by atoms with Crippen LogP contribution >= 0.6 is 0 Å². The highest BCUT2D eigenvalue weighted by Gasteiger charge is 2.32. The van der Waals surface area contributed by atoms with Gasteiger partial charge in [-0.2, -0.15) is 0 Å². The van der Waals surface area contributed by atoms with Crippen LogP contribution < -0.4 is 10.2 Å². The smallest absolute Gasteiger partial charge is 0.225 e. The van der Waals surface area contributed by atoms with Gasteiger partial charge in [0.25, 0.3) is 0 Å². The molecule has 1 amide bonds. The van der Waals surface area contributed by atoms with Gasteiger partial charge in [-0.1, -0.05) is 6.07 Å². The number of piperazine rings is 1. The molecule has 31 heavy (non-hydrogen) atoms. The van der Waals surface area contributed by atoms with Crippen molar-refractivity contribution in [3.05, 3.63) is 36.5 Å². The van der Waals surface area contributed by atoms with Crippen molar-refractivity contribution in [2.45, 2.75) is 12.8 Å². The third kappa shape index (κ3) is 5.28. The Labute approximate surface area is 182 Å². The van der Waals surface area contributed by atoms with Crippen molar-refractivity contribution in [3.8, 4) is 0 Å². The van der Waals surface area contributed by atoms with Gasteiger partial charge in [-0.25, -0.2) is 17.7 Å². The van der Waals surface area contributed by atoms with Crippen LogP contribution in [0, 0.1) is 5.92 Å². The maximum absolute atomic E-state index is 12.9. The summed E-state index contributed by atoms with van der Waals surface area (Å²) >= 11 is 0. The second-order valence-electron chi connectivity index (χ2n) is 7.87. The number of amides is 1. The fourth-order valence-electron chi connectivity index (χ4n) is 3.98. The van der Waals surface area contributed by atoms with E-state index in [1.165, 1.54) is 10.6 Å². The number of hydrogen-bond acceptors (Lipinski definition) is 8. The van der Waals surface area contributed by atoms with Crippen LogP contribution in [0.3, 0.4) is 0 Å². The van der Waals surface area contributed by atoms with Crippen molar-refractivity contribution in [2.24, 2.45) is 5.92 Å². The first-order valence-electron chi connectivity index (χ1n) is 10.4. The van der Waals surface area contributed by atoms with Gasteiger partial charge in [0.05, 0.1) is 6.26 Å². The van der Waals surface area contributed by atoms with E-state index in [1.807, 2.05) is 35.2 Å². The number of nitrogens with one attached hydrogen (secondary N) is 1. The van der Waals surface area contributed by atoms with Gasteiger partial charge in [-0.15, -0.1) is 10.2 Å². The molecule has 0 spiro atoms. The number of sulfonamides is 1. The Bertz CT molecular complexity index is 985. The lowest BCUT2D eigenvalue weighted by Crippen LogP contribution is -2.52. The summed E-state index contributed by atoms with van der Waals surface area (Å²) in [5.41, 5.74) is 0. The van der Waals surface area contributed by atoms with E-state index in [-0.39, 0.29) is 11.8 Å². The maximum atomic E-state index is 12.9. The molecule has 1 N–H and O–H groups in total. The Morgan fingerprint density at radius 2 is 1.71 bits per heavy atom. The van der Waals surface area contributed by atoms with Gasteiger partial charge in [-0.05, 0) is 37.1 Å². The minimum Gasteiger partial charge on any atom is -0.352 e. The molecule has 4 heterocycles. The Morgan fingerprint density at radius 1 is 0.968 bits per heavy atom. The van der Waals surface area contributed by atoms with Crippen LogP contribution in [0.15, 0.2) is 36.5 Å². The molecule has 0 bridgehead atoms. The molecule has 0 unspecified atom stereocenters. The lowest BCUT2D eigenvalue weighted by molar-refractivity contribution is -0.137. The van der Waals surface area contributed by atoms with Crippen molar-refractivity contribution in [2.75, 3.05) is 55.7 Å². The molecular formula is C20H27N7O3S. The highest BCUT2D eigenvalue weighted by atomic mass is 32.2. The molecule has 0 aromatic carbocycles. The highest BCUT2D eigenvalue weighted by Crippen LogP contribution is 2.23. The summed E-state index contributed by atoms with van der Waals surface area (Å²) in [5.74, 6) is 2.14. The van der Waals surface area contributed by atoms with E-state index in [4.69, 9.17) is 0 Å². The summed E-state index contributed by atoms with van der Waals surface area (Å²) in [6, 6.07) is 9.38. The van der Waals surface area contributed by atoms with Crippen LogP contribution in [0.25, 0.3) is 0 Å². The van der Waals surface area contributed by atoms with E-state index in [1.54, 1.807) is 6.20 Å². The molecule has 0 aliphatic carbocycles. The first-order valence-corrected chi connectivity index (χ1v) is 12.3. The Kier molecular flexibility index (Phi) is 6.33. The molecule has 166 valence electrons. The molecule has 2 aromatic rings. The molecule has 2 aliphatic heterocycles. The van der Waals surface area contributed by atoms with Gasteiger partial charge < -0.3 is 15.1 Å². The first kappa shape index (κ1) is 21.4. The summed E-state index contributed by atoms with van der Waals surface area (Å²) in [5, 5.41) is 11.6. The van der Waals surface area contributed by atoms with E-state index in [9.17, 15) is 13.2 Å². The molecule has 2 saturated heterocycles. The number of piperidine rings is 1. The second kappa shape index (κ2) is 9.15. The van der Waals surface area contributed by atoms with Crippen molar-refractivity contribution in [3.63, 3.8) is 0 Å². The number of carbonyl (C=O) groups excluding carboxylic acids is 1. The molecule has 10 nitrogen and oxygen atoms in total. The fraction of sp³-hybridized carbons (Fsp3) is 0.500. The number of pyridine rings is 1. The van der Waals surface area contributed by atoms with Crippen LogP contribution in [0.5, 0.6) is 0 Å². The molecule has 2 aromatic heterocycles. The fourth-order valence-corrected chi connectivity index (χ4v) is 4.85. The van der Waals surface area contributed by atoms with Crippen LogP contribution in [0.4, 0.5) is 17.5 Å². The minimum atomic E-state index is -3.18. The highest BCUT2D eigenvalue weighted by molar-refractivity contribution is 7.88. The van der Waals surface area contributed by atoms with Crippen LogP contribution in [0.2, 0.25) is 0 Å². The van der Waals surface area contributed by atoms with Gasteiger partial charge in [-0.3, -0.25) is 4.79 Å². The van der Waals surface area contributed by atoms with E-state index >= 15 is 0 Å². The molecule has 4 rings (SSSR count). The van der Waals surface area contributed by atoms with Crippen molar-refractivity contribution in [1.82, 2.24) is 24.4 Å². The monoisotopic (exact) mass is 445 g/mol. The predicted molar refractivity (Wildman–Crippen MR) is 117 cm³/mol. The minimum absolute atomic E-state index is 0.0960. The summed E-state index contributed by atoms with van der Waals surface area (Å²) in [6.07, 6.45) is 4.10. The normalized spacial score (nSPS) is 18.7.